The third-order valence-corrected chi connectivity index (χ3v) is 3.49. The van der Waals surface area contributed by atoms with Gasteiger partial charge in [-0.2, -0.15) is 20.1 Å². The van der Waals surface area contributed by atoms with E-state index in [9.17, 15) is 10.1 Å². The smallest absolute Gasteiger partial charge is 0.400 e. The van der Waals surface area contributed by atoms with Crippen LogP contribution in [-0.2, 0) is 0 Å². The second-order valence-electron chi connectivity index (χ2n) is 5.27. The molecule has 2 heterocycles. The van der Waals surface area contributed by atoms with Crippen LogP contribution in [0.4, 0.5) is 23.7 Å². The molecule has 1 aliphatic carbocycles. The van der Waals surface area contributed by atoms with Gasteiger partial charge in [0.05, 0.1) is 12.3 Å². The third kappa shape index (κ3) is 3.94. The number of anilines is 3. The minimum absolute atomic E-state index is 0.0665. The van der Waals surface area contributed by atoms with E-state index < -0.39 is 4.92 Å². The van der Waals surface area contributed by atoms with Gasteiger partial charge >= 0.3 is 5.88 Å². The summed E-state index contributed by atoms with van der Waals surface area (Å²) in [7, 11) is 0. The Balaban J connectivity index is 1.64. The molecule has 2 aromatic rings. The van der Waals surface area contributed by atoms with Crippen LogP contribution in [0, 0.1) is 10.1 Å². The summed E-state index contributed by atoms with van der Waals surface area (Å²) >= 11 is 0. The maximum Gasteiger partial charge on any atom is 0.433 e. The highest BCUT2D eigenvalue weighted by Crippen LogP contribution is 2.21. The van der Waals surface area contributed by atoms with Gasteiger partial charge in [0.1, 0.15) is 4.92 Å². The van der Waals surface area contributed by atoms with Crippen molar-refractivity contribution in [3.05, 3.63) is 28.0 Å². The number of nitrogens with zero attached hydrogens (tertiary/aromatic N) is 5. The molecule has 0 amide bonds. The molecule has 24 heavy (non-hydrogen) atoms. The number of aromatic nitrogens is 3. The first-order valence-electron chi connectivity index (χ1n) is 7.41. The number of nitrogen functional groups attached to an aromatic ring is 1. The predicted molar refractivity (Wildman–Crippen MR) is 86.7 cm³/mol. The Bertz CT molecular complexity index is 753. The topological polar surface area (TPSA) is 157 Å². The zero-order valence-electron chi connectivity index (χ0n) is 12.7. The Morgan fingerprint density at radius 2 is 2.04 bits per heavy atom. The van der Waals surface area contributed by atoms with Crippen molar-refractivity contribution in [1.29, 1.82) is 0 Å². The molecule has 3 rings (SSSR count). The van der Waals surface area contributed by atoms with E-state index in [0.29, 0.717) is 12.0 Å². The van der Waals surface area contributed by atoms with Gasteiger partial charge in [0.15, 0.2) is 5.76 Å². The average molecular weight is 332 g/mol. The highest BCUT2D eigenvalue weighted by Gasteiger charge is 2.16. The van der Waals surface area contributed by atoms with Crippen LogP contribution in [0.3, 0.4) is 0 Å². The summed E-state index contributed by atoms with van der Waals surface area (Å²) in [6.07, 6.45) is 5.79. The lowest BCUT2D eigenvalue weighted by atomic mass is 10.3. The standard InChI is InChI=1S/C13H16N8O3/c14-11-17-12(16-8-3-1-2-4-8)19-13(18-11)20-15-7-9-5-6-10(24-9)21(22)23/h5-8H,1-4H2,(H4,14,16,17,18,19,20)/b15-7+. The largest absolute Gasteiger partial charge is 0.433 e. The van der Waals surface area contributed by atoms with Gasteiger partial charge in [-0.15, -0.1) is 0 Å². The quantitative estimate of drug-likeness (QED) is 0.407. The van der Waals surface area contributed by atoms with Gasteiger partial charge in [-0.25, -0.2) is 5.43 Å². The van der Waals surface area contributed by atoms with Gasteiger partial charge in [0.25, 0.3) is 0 Å². The van der Waals surface area contributed by atoms with E-state index in [-0.39, 0.29) is 23.5 Å². The van der Waals surface area contributed by atoms with Crippen LogP contribution in [-0.4, -0.2) is 32.1 Å². The zero-order valence-corrected chi connectivity index (χ0v) is 12.7. The highest BCUT2D eigenvalue weighted by atomic mass is 16.6. The molecule has 1 fully saturated rings. The second kappa shape index (κ2) is 6.89. The van der Waals surface area contributed by atoms with Gasteiger partial charge in [-0.1, -0.05) is 12.8 Å². The first-order chi connectivity index (χ1) is 11.6. The van der Waals surface area contributed by atoms with Crippen molar-refractivity contribution in [2.24, 2.45) is 5.10 Å². The summed E-state index contributed by atoms with van der Waals surface area (Å²) in [5, 5.41) is 17.6. The average Bonchev–Trinajstić information content (AvgIpc) is 3.18. The maximum atomic E-state index is 10.5. The molecule has 126 valence electrons. The molecule has 0 atom stereocenters. The van der Waals surface area contributed by atoms with Gasteiger partial charge in [0.2, 0.25) is 17.8 Å². The number of rotatable bonds is 6. The Morgan fingerprint density at radius 1 is 1.29 bits per heavy atom. The van der Waals surface area contributed by atoms with E-state index in [4.69, 9.17) is 10.2 Å². The first kappa shape index (κ1) is 15.6. The van der Waals surface area contributed by atoms with Crippen molar-refractivity contribution in [3.8, 4) is 0 Å². The van der Waals surface area contributed by atoms with Crippen LogP contribution in [0.15, 0.2) is 21.7 Å². The molecule has 0 spiro atoms. The summed E-state index contributed by atoms with van der Waals surface area (Å²) in [5.74, 6) is 0.488. The van der Waals surface area contributed by atoms with E-state index in [1.165, 1.54) is 31.2 Å². The van der Waals surface area contributed by atoms with E-state index in [1.807, 2.05) is 0 Å². The lowest BCUT2D eigenvalue weighted by Gasteiger charge is -2.12. The molecule has 0 aliphatic heterocycles. The zero-order chi connectivity index (χ0) is 16.9. The molecule has 1 aliphatic rings. The van der Waals surface area contributed by atoms with E-state index in [0.717, 1.165) is 12.8 Å². The van der Waals surface area contributed by atoms with Crippen molar-refractivity contribution >= 4 is 29.9 Å². The Labute approximate surface area is 136 Å². The SMILES string of the molecule is Nc1nc(N/N=C/c2ccc([N+](=O)[O-])o2)nc(NC2CCCC2)n1. The maximum absolute atomic E-state index is 10.5. The van der Waals surface area contributed by atoms with Crippen molar-refractivity contribution in [2.75, 3.05) is 16.5 Å². The van der Waals surface area contributed by atoms with Crippen LogP contribution >= 0.6 is 0 Å². The van der Waals surface area contributed by atoms with Gasteiger partial charge in [-0.3, -0.25) is 10.1 Å². The molecular formula is C13H16N8O3. The number of hydrogen-bond acceptors (Lipinski definition) is 10. The number of hydrogen-bond donors (Lipinski definition) is 3. The predicted octanol–water partition coefficient (Wildman–Crippen LogP) is 1.76. The first-order valence-corrected chi connectivity index (χ1v) is 7.41. The van der Waals surface area contributed by atoms with Crippen LogP contribution in [0.25, 0.3) is 0 Å². The highest BCUT2D eigenvalue weighted by molar-refractivity contribution is 5.76. The molecule has 1 saturated carbocycles. The lowest BCUT2D eigenvalue weighted by Crippen LogP contribution is -2.18. The minimum Gasteiger partial charge on any atom is -0.400 e. The number of furan rings is 1. The normalized spacial score (nSPS) is 15.0. The summed E-state index contributed by atoms with van der Waals surface area (Å²) in [6, 6.07) is 3.01. The van der Waals surface area contributed by atoms with Gasteiger partial charge < -0.3 is 15.5 Å². The Kier molecular flexibility index (Phi) is 4.50. The fourth-order valence-corrected chi connectivity index (χ4v) is 2.42. The van der Waals surface area contributed by atoms with Crippen LogP contribution in [0.1, 0.15) is 31.4 Å². The molecule has 0 radical (unpaired) electrons. The van der Waals surface area contributed by atoms with Crippen LogP contribution in [0.5, 0.6) is 0 Å². The Morgan fingerprint density at radius 3 is 2.75 bits per heavy atom. The number of nitrogens with two attached hydrogens (primary N) is 1. The van der Waals surface area contributed by atoms with Crippen LogP contribution in [0.2, 0.25) is 0 Å². The van der Waals surface area contributed by atoms with Gasteiger partial charge in [-0.05, 0) is 18.9 Å². The lowest BCUT2D eigenvalue weighted by molar-refractivity contribution is -0.402. The number of nitro groups is 1. The minimum atomic E-state index is -0.627. The molecule has 0 saturated heterocycles. The van der Waals surface area contributed by atoms with Crippen molar-refractivity contribution < 1.29 is 9.34 Å². The van der Waals surface area contributed by atoms with E-state index in [1.54, 1.807) is 0 Å². The molecule has 0 bridgehead atoms. The third-order valence-electron chi connectivity index (χ3n) is 3.49. The van der Waals surface area contributed by atoms with Crippen molar-refractivity contribution in [1.82, 2.24) is 15.0 Å². The summed E-state index contributed by atoms with van der Waals surface area (Å²) in [5.41, 5.74) is 8.26. The van der Waals surface area contributed by atoms with Gasteiger partial charge in [0, 0.05) is 6.04 Å². The molecule has 0 aromatic carbocycles. The molecule has 11 nitrogen and oxygen atoms in total. The molecule has 0 unspecified atom stereocenters. The number of nitrogens with one attached hydrogen (secondary N) is 2. The second-order valence-corrected chi connectivity index (χ2v) is 5.27. The van der Waals surface area contributed by atoms with E-state index in [2.05, 4.69) is 30.8 Å². The summed E-state index contributed by atoms with van der Waals surface area (Å²) in [6.45, 7) is 0. The van der Waals surface area contributed by atoms with E-state index >= 15 is 0 Å². The van der Waals surface area contributed by atoms with Crippen molar-refractivity contribution in [2.45, 2.75) is 31.7 Å². The number of hydrazone groups is 1. The summed E-state index contributed by atoms with van der Waals surface area (Å²) < 4.78 is 4.94. The van der Waals surface area contributed by atoms with Crippen LogP contribution < -0.4 is 16.5 Å². The molecule has 11 heteroatoms. The molecule has 2 aromatic heterocycles. The Hall–Kier alpha value is -3.24. The molecule has 4 N–H and O–H groups in total. The summed E-state index contributed by atoms with van der Waals surface area (Å²) in [4.78, 5) is 22.1. The molecular weight excluding hydrogens is 316 g/mol. The fourth-order valence-electron chi connectivity index (χ4n) is 2.42. The van der Waals surface area contributed by atoms with Crippen molar-refractivity contribution in [3.63, 3.8) is 0 Å². The fraction of sp³-hybridized carbons (Fsp3) is 0.385. The monoisotopic (exact) mass is 332 g/mol.